The number of aliphatic hydroxyl groups excluding tert-OH is 1. The van der Waals surface area contributed by atoms with E-state index in [0.717, 1.165) is 18.4 Å². The van der Waals surface area contributed by atoms with E-state index in [4.69, 9.17) is 5.26 Å². The molecule has 3 heterocycles. The van der Waals surface area contributed by atoms with Crippen molar-refractivity contribution in [3.8, 4) is 6.07 Å². The number of hydrogen-bond acceptors (Lipinski definition) is 7. The maximum Gasteiger partial charge on any atom is 0.451 e. The van der Waals surface area contributed by atoms with E-state index >= 15 is 0 Å². The first kappa shape index (κ1) is 26.9. The van der Waals surface area contributed by atoms with Crippen LogP contribution >= 0.6 is 0 Å². The topological polar surface area (TPSA) is 93.4 Å². The summed E-state index contributed by atoms with van der Waals surface area (Å²) in [5.74, 6) is -0.438. The summed E-state index contributed by atoms with van der Waals surface area (Å²) in [5.41, 5.74) is 1.62. The number of piperidine rings is 1. The minimum Gasteiger partial charge on any atom is -0.396 e. The molecule has 37 heavy (non-hydrogen) atoms. The monoisotopic (exact) mass is 515 g/mol. The molecule has 0 spiro atoms. The van der Waals surface area contributed by atoms with Crippen LogP contribution in [0.25, 0.3) is 0 Å². The zero-order valence-electron chi connectivity index (χ0n) is 20.8. The fourth-order valence-electron chi connectivity index (χ4n) is 5.25. The van der Waals surface area contributed by atoms with Crippen LogP contribution in [0.5, 0.6) is 0 Å². The van der Waals surface area contributed by atoms with Gasteiger partial charge in [-0.3, -0.25) is 4.79 Å². The van der Waals surface area contributed by atoms with Crippen molar-refractivity contribution in [2.24, 2.45) is 5.92 Å². The second kappa shape index (κ2) is 11.9. The van der Waals surface area contributed by atoms with Crippen molar-refractivity contribution in [3.63, 3.8) is 0 Å². The summed E-state index contributed by atoms with van der Waals surface area (Å²) in [6.45, 7) is 1.71. The molecule has 10 heteroatoms. The van der Waals surface area contributed by atoms with Gasteiger partial charge in [0.1, 0.15) is 11.6 Å². The summed E-state index contributed by atoms with van der Waals surface area (Å²) in [6, 6.07) is 10.4. The molecule has 2 saturated heterocycles. The van der Waals surface area contributed by atoms with Gasteiger partial charge in [-0.15, -0.1) is 0 Å². The Labute approximate surface area is 214 Å². The molecule has 0 unspecified atom stereocenters. The number of nitrogens with zero attached hydrogens (tertiary/aromatic N) is 5. The molecule has 0 radical (unpaired) electrons. The highest BCUT2D eigenvalue weighted by Crippen LogP contribution is 2.34. The van der Waals surface area contributed by atoms with Crippen LogP contribution in [-0.4, -0.2) is 53.1 Å². The summed E-state index contributed by atoms with van der Waals surface area (Å²) in [6.07, 6.45) is 0.495. The fraction of sp³-hybridized carbons (Fsp3) is 0.556. The van der Waals surface area contributed by atoms with Gasteiger partial charge in [0.2, 0.25) is 5.82 Å². The molecular weight excluding hydrogens is 483 g/mol. The summed E-state index contributed by atoms with van der Waals surface area (Å²) in [7, 11) is 0. The molecule has 1 N–H and O–H groups in total. The first-order valence-corrected chi connectivity index (χ1v) is 12.9. The zero-order chi connectivity index (χ0) is 26.4. The van der Waals surface area contributed by atoms with E-state index in [9.17, 15) is 23.1 Å². The molecule has 2 aliphatic heterocycles. The van der Waals surface area contributed by atoms with Crippen LogP contribution in [-0.2, 0) is 17.4 Å². The number of carbonyl (C=O) groups is 1. The molecular formula is C27H32F3N5O2. The van der Waals surface area contributed by atoms with Crippen molar-refractivity contribution in [3.05, 3.63) is 47.3 Å². The number of alkyl halides is 3. The number of aryl methyl sites for hydroxylation is 1. The van der Waals surface area contributed by atoms with Crippen molar-refractivity contribution < 1.29 is 23.1 Å². The van der Waals surface area contributed by atoms with E-state index < -0.39 is 18.0 Å². The van der Waals surface area contributed by atoms with Crippen LogP contribution in [0.15, 0.2) is 30.3 Å². The SMILES string of the molecule is N#Cc1ccc(CCCC(=O)[C@@H]2CCCN2c2cc(N3CCC(CCO)CC3)nc(C(F)(F)F)n2)cc1. The molecule has 0 amide bonds. The van der Waals surface area contributed by atoms with Crippen LogP contribution in [0.2, 0.25) is 0 Å². The highest BCUT2D eigenvalue weighted by Gasteiger charge is 2.38. The third-order valence-corrected chi connectivity index (χ3v) is 7.32. The van der Waals surface area contributed by atoms with Crippen LogP contribution < -0.4 is 9.80 Å². The number of Topliss-reactive ketones (excluding diaryl/α,β-unsaturated/α-hetero) is 1. The maximum absolute atomic E-state index is 13.7. The number of rotatable bonds is 9. The predicted octanol–water partition coefficient (Wildman–Crippen LogP) is 4.53. The third-order valence-electron chi connectivity index (χ3n) is 7.32. The molecule has 4 rings (SSSR count). The van der Waals surface area contributed by atoms with Crippen LogP contribution in [0.1, 0.15) is 61.9 Å². The number of benzene rings is 1. The molecule has 198 valence electrons. The molecule has 2 aromatic rings. The van der Waals surface area contributed by atoms with E-state index in [2.05, 4.69) is 16.0 Å². The molecule has 7 nitrogen and oxygen atoms in total. The van der Waals surface area contributed by atoms with Gasteiger partial charge in [-0.1, -0.05) is 12.1 Å². The number of hydrogen-bond donors (Lipinski definition) is 1. The van der Waals surface area contributed by atoms with Gasteiger partial charge in [0, 0.05) is 38.7 Å². The second-order valence-corrected chi connectivity index (χ2v) is 9.83. The molecule has 1 atom stereocenters. The lowest BCUT2D eigenvalue weighted by Gasteiger charge is -2.33. The summed E-state index contributed by atoms with van der Waals surface area (Å²) in [5, 5.41) is 18.1. The van der Waals surface area contributed by atoms with Gasteiger partial charge >= 0.3 is 6.18 Å². The fourth-order valence-corrected chi connectivity index (χ4v) is 5.25. The van der Waals surface area contributed by atoms with E-state index in [-0.39, 0.29) is 24.0 Å². The standard InChI is InChI=1S/C27H32F3N5O2/c28-27(29,30)26-32-24(34-14-10-20(11-15-34)12-16-36)17-25(33-26)35-13-2-4-22(35)23(37)5-1-3-19-6-8-21(18-31)9-7-19/h6-9,17,20,22,36H,1-5,10-16H2/t22-/m0/s1. The Morgan fingerprint density at radius 1 is 1.08 bits per heavy atom. The lowest BCUT2D eigenvalue weighted by molar-refractivity contribution is -0.144. The van der Waals surface area contributed by atoms with Gasteiger partial charge < -0.3 is 14.9 Å². The molecule has 1 aromatic carbocycles. The predicted molar refractivity (Wildman–Crippen MR) is 133 cm³/mol. The summed E-state index contributed by atoms with van der Waals surface area (Å²) < 4.78 is 41.2. The Morgan fingerprint density at radius 3 is 2.43 bits per heavy atom. The Morgan fingerprint density at radius 2 is 1.78 bits per heavy atom. The summed E-state index contributed by atoms with van der Waals surface area (Å²) in [4.78, 5) is 24.4. The van der Waals surface area contributed by atoms with Gasteiger partial charge in [0.25, 0.3) is 0 Å². The van der Waals surface area contributed by atoms with Crippen LogP contribution in [0.4, 0.5) is 24.8 Å². The van der Waals surface area contributed by atoms with Crippen molar-refractivity contribution in [2.75, 3.05) is 36.0 Å². The molecule has 1 aromatic heterocycles. The van der Waals surface area contributed by atoms with Crippen molar-refractivity contribution in [1.29, 1.82) is 5.26 Å². The second-order valence-electron chi connectivity index (χ2n) is 9.83. The Hall–Kier alpha value is -3.19. The van der Waals surface area contributed by atoms with Gasteiger partial charge in [-0.2, -0.15) is 18.4 Å². The number of halogens is 3. The van der Waals surface area contributed by atoms with E-state index in [0.29, 0.717) is 69.6 Å². The molecule has 0 saturated carbocycles. The van der Waals surface area contributed by atoms with Crippen molar-refractivity contribution in [2.45, 2.75) is 63.6 Å². The largest absolute Gasteiger partial charge is 0.451 e. The van der Waals surface area contributed by atoms with Gasteiger partial charge in [0.05, 0.1) is 17.7 Å². The first-order chi connectivity index (χ1) is 17.8. The first-order valence-electron chi connectivity index (χ1n) is 12.9. The molecule has 2 aliphatic rings. The number of ketones is 1. The van der Waals surface area contributed by atoms with E-state index in [1.807, 2.05) is 17.0 Å². The summed E-state index contributed by atoms with van der Waals surface area (Å²) >= 11 is 0. The molecule has 0 aliphatic carbocycles. The lowest BCUT2D eigenvalue weighted by Crippen LogP contribution is -2.38. The normalized spacial score (nSPS) is 18.7. The van der Waals surface area contributed by atoms with E-state index in [1.165, 1.54) is 0 Å². The minimum atomic E-state index is -4.69. The third kappa shape index (κ3) is 6.77. The number of aliphatic hydroxyl groups is 1. The highest BCUT2D eigenvalue weighted by atomic mass is 19.4. The zero-order valence-corrected chi connectivity index (χ0v) is 20.8. The highest BCUT2D eigenvalue weighted by molar-refractivity contribution is 5.87. The Kier molecular flexibility index (Phi) is 8.64. The number of carbonyl (C=O) groups excluding carboxylic acids is 1. The number of aromatic nitrogens is 2. The van der Waals surface area contributed by atoms with Gasteiger partial charge in [-0.05, 0) is 68.6 Å². The average Bonchev–Trinajstić information content (AvgIpc) is 3.39. The maximum atomic E-state index is 13.7. The Bertz CT molecular complexity index is 1110. The number of anilines is 2. The molecule has 2 fully saturated rings. The van der Waals surface area contributed by atoms with Gasteiger partial charge in [-0.25, -0.2) is 9.97 Å². The number of nitriles is 1. The minimum absolute atomic E-state index is 0.00434. The van der Waals surface area contributed by atoms with Gasteiger partial charge in [0.15, 0.2) is 5.78 Å². The smallest absolute Gasteiger partial charge is 0.396 e. The average molecular weight is 516 g/mol. The lowest BCUT2D eigenvalue weighted by atomic mass is 9.94. The van der Waals surface area contributed by atoms with Crippen LogP contribution in [0, 0.1) is 17.2 Å². The van der Waals surface area contributed by atoms with Crippen LogP contribution in [0.3, 0.4) is 0 Å². The quantitative estimate of drug-likeness (QED) is 0.525. The van der Waals surface area contributed by atoms with Crippen molar-refractivity contribution in [1.82, 2.24) is 9.97 Å². The Balaban J connectivity index is 1.46. The molecule has 0 bridgehead atoms. The van der Waals surface area contributed by atoms with Crippen molar-refractivity contribution >= 4 is 17.4 Å². The van der Waals surface area contributed by atoms with E-state index in [1.54, 1.807) is 23.1 Å².